The first-order valence-corrected chi connectivity index (χ1v) is 6.65. The minimum absolute atomic E-state index is 0.0924. The van der Waals surface area contributed by atoms with Gasteiger partial charge in [0.2, 0.25) is 0 Å². The zero-order chi connectivity index (χ0) is 13.9. The van der Waals surface area contributed by atoms with Gasteiger partial charge >= 0.3 is 5.97 Å². The molecule has 2 N–H and O–H groups in total. The van der Waals surface area contributed by atoms with E-state index in [0.717, 1.165) is 19.3 Å². The molecule has 2 aromatic rings. The van der Waals surface area contributed by atoms with Gasteiger partial charge in [-0.15, -0.1) is 5.10 Å². The van der Waals surface area contributed by atoms with Crippen LogP contribution in [0.1, 0.15) is 40.4 Å². The summed E-state index contributed by atoms with van der Waals surface area (Å²) < 4.78 is 0. The van der Waals surface area contributed by atoms with Gasteiger partial charge in [0.15, 0.2) is 5.82 Å². The summed E-state index contributed by atoms with van der Waals surface area (Å²) in [6.45, 7) is 0. The number of aromatic carboxylic acids is 1. The van der Waals surface area contributed by atoms with Crippen molar-refractivity contribution in [2.45, 2.75) is 25.3 Å². The van der Waals surface area contributed by atoms with Crippen molar-refractivity contribution in [1.82, 2.24) is 10.2 Å². The van der Waals surface area contributed by atoms with E-state index in [1.165, 1.54) is 23.4 Å². The van der Waals surface area contributed by atoms with Crippen molar-refractivity contribution in [2.75, 3.05) is 5.32 Å². The van der Waals surface area contributed by atoms with E-state index in [9.17, 15) is 9.90 Å². The molecule has 0 aliphatic heterocycles. The Hall–Kier alpha value is -2.43. The molecular weight excluding hydrogens is 254 g/mol. The molecule has 0 radical (unpaired) electrons. The molecular formula is C15H15N3O2. The van der Waals surface area contributed by atoms with Gasteiger partial charge in [0.05, 0.1) is 12.2 Å². The molecule has 0 saturated heterocycles. The van der Waals surface area contributed by atoms with Gasteiger partial charge in [0, 0.05) is 0 Å². The van der Waals surface area contributed by atoms with Crippen molar-refractivity contribution < 1.29 is 9.90 Å². The maximum Gasteiger partial charge on any atom is 0.339 e. The Morgan fingerprint density at radius 3 is 3.00 bits per heavy atom. The molecule has 1 aromatic heterocycles. The number of anilines is 1. The molecule has 1 aliphatic carbocycles. The number of nitrogens with zero attached hydrogens (tertiary/aromatic N) is 2. The monoisotopic (exact) mass is 269 g/mol. The van der Waals surface area contributed by atoms with E-state index in [-0.39, 0.29) is 11.6 Å². The van der Waals surface area contributed by atoms with Crippen molar-refractivity contribution in [3.63, 3.8) is 0 Å². The Bertz CT molecular complexity index is 643. The lowest BCUT2D eigenvalue weighted by atomic mass is 9.87. The summed E-state index contributed by atoms with van der Waals surface area (Å²) >= 11 is 0. The van der Waals surface area contributed by atoms with Crippen LogP contribution in [0.15, 0.2) is 36.5 Å². The van der Waals surface area contributed by atoms with Crippen LogP contribution < -0.4 is 5.32 Å². The van der Waals surface area contributed by atoms with E-state index >= 15 is 0 Å². The van der Waals surface area contributed by atoms with Crippen LogP contribution in [0.5, 0.6) is 0 Å². The molecule has 1 unspecified atom stereocenters. The van der Waals surface area contributed by atoms with Crippen LogP contribution in [0.4, 0.5) is 5.82 Å². The minimum atomic E-state index is -0.994. The summed E-state index contributed by atoms with van der Waals surface area (Å²) in [5.41, 5.74) is 2.70. The summed E-state index contributed by atoms with van der Waals surface area (Å²) in [5.74, 6) is -0.659. The first kappa shape index (κ1) is 12.6. The third-order valence-electron chi connectivity index (χ3n) is 3.63. The quantitative estimate of drug-likeness (QED) is 0.896. The molecule has 0 bridgehead atoms. The molecule has 5 nitrogen and oxygen atoms in total. The maximum absolute atomic E-state index is 11.2. The van der Waals surface area contributed by atoms with Crippen LogP contribution in [0.3, 0.4) is 0 Å². The van der Waals surface area contributed by atoms with Crippen LogP contribution in [-0.2, 0) is 6.42 Å². The second-order valence-electron chi connectivity index (χ2n) is 4.89. The fraction of sp³-hybridized carbons (Fsp3) is 0.267. The van der Waals surface area contributed by atoms with E-state index in [2.05, 4.69) is 27.6 Å². The number of carboxylic acids is 1. The number of aryl methyl sites for hydroxylation is 1. The predicted molar refractivity (Wildman–Crippen MR) is 74.7 cm³/mol. The molecule has 20 heavy (non-hydrogen) atoms. The van der Waals surface area contributed by atoms with Crippen LogP contribution in [0.25, 0.3) is 0 Å². The fourth-order valence-corrected chi connectivity index (χ4v) is 2.68. The number of aromatic nitrogens is 2. The van der Waals surface area contributed by atoms with Gasteiger partial charge in [0.25, 0.3) is 0 Å². The Morgan fingerprint density at radius 1 is 1.30 bits per heavy atom. The Labute approximate surface area is 116 Å². The molecule has 3 rings (SSSR count). The highest BCUT2D eigenvalue weighted by atomic mass is 16.4. The molecule has 0 saturated carbocycles. The van der Waals surface area contributed by atoms with E-state index in [1.807, 2.05) is 12.1 Å². The van der Waals surface area contributed by atoms with Crippen LogP contribution in [-0.4, -0.2) is 21.3 Å². The number of rotatable bonds is 3. The molecule has 1 aromatic carbocycles. The predicted octanol–water partition coefficient (Wildman–Crippen LogP) is 2.66. The third kappa shape index (κ3) is 2.34. The number of benzene rings is 1. The summed E-state index contributed by atoms with van der Waals surface area (Å²) in [6.07, 6.45) is 4.51. The number of hydrogen-bond donors (Lipinski definition) is 2. The molecule has 0 fully saturated rings. The lowest BCUT2D eigenvalue weighted by Crippen LogP contribution is -2.19. The number of carbonyl (C=O) groups is 1. The van der Waals surface area contributed by atoms with Gasteiger partial charge in [-0.25, -0.2) is 4.79 Å². The largest absolute Gasteiger partial charge is 0.478 e. The van der Waals surface area contributed by atoms with Crippen molar-refractivity contribution in [3.05, 3.63) is 53.2 Å². The highest BCUT2D eigenvalue weighted by Crippen LogP contribution is 2.32. The number of carboxylic acid groups (broad SMARTS) is 1. The van der Waals surface area contributed by atoms with Crippen LogP contribution >= 0.6 is 0 Å². The second kappa shape index (κ2) is 5.28. The summed E-state index contributed by atoms with van der Waals surface area (Å²) in [6, 6.07) is 9.81. The minimum Gasteiger partial charge on any atom is -0.478 e. The topological polar surface area (TPSA) is 75.1 Å². The zero-order valence-corrected chi connectivity index (χ0v) is 10.9. The van der Waals surface area contributed by atoms with Crippen molar-refractivity contribution in [2.24, 2.45) is 0 Å². The number of nitrogens with one attached hydrogen (secondary N) is 1. The molecule has 0 spiro atoms. The van der Waals surface area contributed by atoms with Crippen LogP contribution in [0.2, 0.25) is 0 Å². The van der Waals surface area contributed by atoms with E-state index in [1.54, 1.807) is 0 Å². The van der Waals surface area contributed by atoms with Crippen molar-refractivity contribution in [3.8, 4) is 0 Å². The average Bonchev–Trinajstić information content (AvgIpc) is 2.48. The smallest absolute Gasteiger partial charge is 0.339 e. The van der Waals surface area contributed by atoms with Gasteiger partial charge in [-0.05, 0) is 36.5 Å². The van der Waals surface area contributed by atoms with Crippen molar-refractivity contribution in [1.29, 1.82) is 0 Å². The van der Waals surface area contributed by atoms with Gasteiger partial charge in [-0.3, -0.25) is 0 Å². The van der Waals surface area contributed by atoms with E-state index in [0.29, 0.717) is 5.82 Å². The molecule has 1 aliphatic rings. The Balaban J connectivity index is 1.92. The molecule has 102 valence electrons. The summed E-state index contributed by atoms with van der Waals surface area (Å²) in [4.78, 5) is 11.2. The van der Waals surface area contributed by atoms with Gasteiger partial charge in [0.1, 0.15) is 5.56 Å². The fourth-order valence-electron chi connectivity index (χ4n) is 2.68. The highest BCUT2D eigenvalue weighted by molar-refractivity contribution is 5.92. The van der Waals surface area contributed by atoms with Crippen molar-refractivity contribution >= 4 is 11.8 Å². The zero-order valence-electron chi connectivity index (χ0n) is 10.9. The van der Waals surface area contributed by atoms with E-state index in [4.69, 9.17) is 0 Å². The first-order valence-electron chi connectivity index (χ1n) is 6.65. The molecule has 1 atom stereocenters. The average molecular weight is 269 g/mol. The van der Waals surface area contributed by atoms with Gasteiger partial charge < -0.3 is 10.4 Å². The maximum atomic E-state index is 11.2. The van der Waals surface area contributed by atoms with Gasteiger partial charge in [-0.2, -0.15) is 5.10 Å². The van der Waals surface area contributed by atoms with E-state index < -0.39 is 5.97 Å². The SMILES string of the molecule is O=C(O)c1ccnnc1NC1CCCc2ccccc21. The number of hydrogen-bond acceptors (Lipinski definition) is 4. The first-order chi connectivity index (χ1) is 9.75. The molecule has 1 heterocycles. The Kier molecular flexibility index (Phi) is 3.33. The molecule has 0 amide bonds. The van der Waals surface area contributed by atoms with Crippen LogP contribution in [0, 0.1) is 0 Å². The summed E-state index contributed by atoms with van der Waals surface area (Å²) in [5, 5.41) is 20.1. The van der Waals surface area contributed by atoms with Gasteiger partial charge in [-0.1, -0.05) is 24.3 Å². The lowest BCUT2D eigenvalue weighted by Gasteiger charge is -2.26. The summed E-state index contributed by atoms with van der Waals surface area (Å²) in [7, 11) is 0. The molecule has 5 heteroatoms. The highest BCUT2D eigenvalue weighted by Gasteiger charge is 2.22. The Morgan fingerprint density at radius 2 is 2.15 bits per heavy atom. The lowest BCUT2D eigenvalue weighted by molar-refractivity contribution is 0.0697. The standard InChI is InChI=1S/C15H15N3O2/c19-15(20)12-8-9-16-18-14(12)17-13-7-3-5-10-4-1-2-6-11(10)13/h1-2,4,6,8-9,13H,3,5,7H2,(H,17,18)(H,19,20). The second-order valence-corrected chi connectivity index (χ2v) is 4.89. The normalized spacial score (nSPS) is 17.3. The number of fused-ring (bicyclic) bond motifs is 1. The third-order valence-corrected chi connectivity index (χ3v) is 3.63.